The maximum atomic E-state index is 13.3. The van der Waals surface area contributed by atoms with Crippen molar-refractivity contribution in [1.82, 2.24) is 0 Å². The summed E-state index contributed by atoms with van der Waals surface area (Å²) < 4.78 is 59.7. The molecule has 4 rings (SSSR count). The predicted molar refractivity (Wildman–Crippen MR) is 73.5 cm³/mol. The van der Waals surface area contributed by atoms with Gasteiger partial charge in [0.2, 0.25) is 0 Å². The second kappa shape index (κ2) is 5.59. The molecule has 4 bridgehead atoms. The first-order chi connectivity index (χ1) is 11.0. The summed E-state index contributed by atoms with van der Waals surface area (Å²) in [6.45, 7) is -0.747. The number of hydrogen-bond acceptors (Lipinski definition) is 4. The Bertz CT molecular complexity index is 529. The number of alkyl halides is 4. The fourth-order valence-electron chi connectivity index (χ4n) is 4.84. The molecule has 4 nitrogen and oxygen atoms in total. The summed E-state index contributed by atoms with van der Waals surface area (Å²) in [5.41, 5.74) is -4.16. The molecule has 0 amide bonds. The van der Waals surface area contributed by atoms with Gasteiger partial charge in [-0.25, -0.2) is 14.0 Å². The van der Waals surface area contributed by atoms with Crippen LogP contribution in [-0.2, 0) is 19.1 Å². The molecule has 0 saturated heterocycles. The van der Waals surface area contributed by atoms with Crippen molar-refractivity contribution >= 4 is 11.9 Å². The van der Waals surface area contributed by atoms with Gasteiger partial charge in [0.05, 0.1) is 6.61 Å². The van der Waals surface area contributed by atoms with E-state index in [-0.39, 0.29) is 18.9 Å². The summed E-state index contributed by atoms with van der Waals surface area (Å²) in [5, 5.41) is 0. The van der Waals surface area contributed by atoms with Gasteiger partial charge in [-0.05, 0) is 56.8 Å². The van der Waals surface area contributed by atoms with Crippen molar-refractivity contribution < 1.29 is 36.6 Å². The Morgan fingerprint density at radius 2 is 1.62 bits per heavy atom. The number of hydrogen-bond donors (Lipinski definition) is 0. The van der Waals surface area contributed by atoms with Crippen LogP contribution in [0.15, 0.2) is 0 Å². The molecule has 0 aliphatic heterocycles. The first-order valence-corrected chi connectivity index (χ1v) is 8.12. The molecular formula is C16H20F4O4. The van der Waals surface area contributed by atoms with E-state index in [9.17, 15) is 27.2 Å². The second-order valence-electron chi connectivity index (χ2n) is 7.64. The van der Waals surface area contributed by atoms with Gasteiger partial charge in [0.25, 0.3) is 5.67 Å². The van der Waals surface area contributed by atoms with Crippen LogP contribution >= 0.6 is 0 Å². The van der Waals surface area contributed by atoms with Crippen LogP contribution in [0.4, 0.5) is 17.6 Å². The second-order valence-corrected chi connectivity index (χ2v) is 7.64. The minimum absolute atomic E-state index is 0.0200. The molecule has 3 unspecified atom stereocenters. The third-order valence-electron chi connectivity index (χ3n) is 5.92. The van der Waals surface area contributed by atoms with Crippen molar-refractivity contribution in [2.75, 3.05) is 13.2 Å². The van der Waals surface area contributed by atoms with E-state index in [0.29, 0.717) is 17.8 Å². The summed E-state index contributed by atoms with van der Waals surface area (Å²) in [5.74, 6) is -1.18. The normalized spacial score (nSPS) is 36.5. The van der Waals surface area contributed by atoms with E-state index < -0.39 is 30.4 Å². The lowest BCUT2D eigenvalue weighted by Gasteiger charge is -2.32. The number of esters is 2. The van der Waals surface area contributed by atoms with Crippen molar-refractivity contribution in [3.8, 4) is 0 Å². The van der Waals surface area contributed by atoms with Gasteiger partial charge in [0.15, 0.2) is 6.61 Å². The molecule has 0 radical (unpaired) electrons. The highest BCUT2D eigenvalue weighted by molar-refractivity contribution is 5.82. The Labute approximate surface area is 136 Å². The summed E-state index contributed by atoms with van der Waals surface area (Å²) >= 11 is 0. The van der Waals surface area contributed by atoms with Crippen LogP contribution in [-0.4, -0.2) is 37.0 Å². The molecule has 24 heavy (non-hydrogen) atoms. The van der Waals surface area contributed by atoms with Gasteiger partial charge in [-0.3, -0.25) is 0 Å². The van der Waals surface area contributed by atoms with E-state index in [1.54, 1.807) is 0 Å². The zero-order chi connectivity index (χ0) is 17.8. The largest absolute Gasteiger partial charge is 0.463 e. The van der Waals surface area contributed by atoms with E-state index in [4.69, 9.17) is 4.74 Å². The van der Waals surface area contributed by atoms with Crippen molar-refractivity contribution in [2.24, 2.45) is 23.2 Å². The topological polar surface area (TPSA) is 52.6 Å². The van der Waals surface area contributed by atoms with Crippen molar-refractivity contribution in [2.45, 2.75) is 50.9 Å². The average molecular weight is 352 g/mol. The van der Waals surface area contributed by atoms with Crippen LogP contribution in [0.5, 0.6) is 0 Å². The monoisotopic (exact) mass is 352 g/mol. The number of carbonyl (C=O) groups is 2. The first kappa shape index (κ1) is 17.5. The Hall–Kier alpha value is -1.34. The summed E-state index contributed by atoms with van der Waals surface area (Å²) in [6.07, 6.45) is 0.157. The molecule has 4 aliphatic rings. The molecule has 4 aliphatic carbocycles. The van der Waals surface area contributed by atoms with E-state index in [0.717, 1.165) is 25.7 Å². The molecule has 136 valence electrons. The predicted octanol–water partition coefficient (Wildman–Crippen LogP) is 3.19. The highest BCUT2D eigenvalue weighted by atomic mass is 19.4. The molecule has 0 aromatic carbocycles. The van der Waals surface area contributed by atoms with Gasteiger partial charge in [0, 0.05) is 5.41 Å². The van der Waals surface area contributed by atoms with Gasteiger partial charge in [0.1, 0.15) is 0 Å². The fraction of sp³-hybridized carbons (Fsp3) is 0.875. The minimum Gasteiger partial charge on any atom is -0.463 e. The highest BCUT2D eigenvalue weighted by Gasteiger charge is 2.60. The third-order valence-corrected chi connectivity index (χ3v) is 5.92. The van der Waals surface area contributed by atoms with Gasteiger partial charge in [-0.15, -0.1) is 0 Å². The maximum absolute atomic E-state index is 13.3. The van der Waals surface area contributed by atoms with Crippen LogP contribution in [0.1, 0.15) is 39.0 Å². The Kier molecular flexibility index (Phi) is 4.07. The lowest BCUT2D eigenvalue weighted by Crippen LogP contribution is -2.47. The van der Waals surface area contributed by atoms with Crippen LogP contribution in [0, 0.1) is 23.2 Å². The van der Waals surface area contributed by atoms with Gasteiger partial charge in [-0.2, -0.15) is 13.2 Å². The summed E-state index contributed by atoms with van der Waals surface area (Å²) in [7, 11) is 0. The van der Waals surface area contributed by atoms with Crippen LogP contribution in [0.2, 0.25) is 0 Å². The quantitative estimate of drug-likeness (QED) is 0.563. The van der Waals surface area contributed by atoms with Crippen LogP contribution < -0.4 is 0 Å². The van der Waals surface area contributed by atoms with E-state index >= 15 is 0 Å². The molecule has 8 heteroatoms. The first-order valence-electron chi connectivity index (χ1n) is 8.12. The number of carbonyl (C=O) groups excluding carboxylic acids is 2. The number of halogens is 4. The zero-order valence-electron chi connectivity index (χ0n) is 13.3. The van der Waals surface area contributed by atoms with Gasteiger partial charge in [-0.1, -0.05) is 0 Å². The third kappa shape index (κ3) is 2.88. The van der Waals surface area contributed by atoms with Gasteiger partial charge < -0.3 is 9.47 Å². The number of rotatable bonds is 5. The van der Waals surface area contributed by atoms with E-state index in [2.05, 4.69) is 4.74 Å². The Balaban J connectivity index is 1.46. The molecule has 0 aromatic heterocycles. The molecule has 4 fully saturated rings. The molecule has 0 aromatic rings. The maximum Gasteiger partial charge on any atom is 0.433 e. The highest BCUT2D eigenvalue weighted by Crippen LogP contribution is 2.65. The molecule has 0 spiro atoms. The van der Waals surface area contributed by atoms with Gasteiger partial charge >= 0.3 is 18.1 Å². The minimum atomic E-state index is -5.39. The average Bonchev–Trinajstić information content (AvgIpc) is 2.86. The van der Waals surface area contributed by atoms with Crippen LogP contribution in [0.25, 0.3) is 0 Å². The van der Waals surface area contributed by atoms with Crippen LogP contribution in [0.3, 0.4) is 0 Å². The Morgan fingerprint density at radius 3 is 2.17 bits per heavy atom. The summed E-state index contributed by atoms with van der Waals surface area (Å²) in [6, 6.07) is 0. The van der Waals surface area contributed by atoms with Crippen molar-refractivity contribution in [3.63, 3.8) is 0 Å². The lowest BCUT2D eigenvalue weighted by atomic mass is 9.76. The standard InChI is InChI=1S/C16H20F4O4/c1-14(17,16(18,19)20)13(22)23-7-12(21)24-8-15-5-9-2-10(6-15)4-11(15)3-9/h9-11H,2-8H2,1H3. The molecule has 4 saturated carbocycles. The fourth-order valence-corrected chi connectivity index (χ4v) is 4.84. The van der Waals surface area contributed by atoms with E-state index in [1.165, 1.54) is 6.42 Å². The SMILES string of the molecule is CC(F)(C(=O)OCC(=O)OCC12CC3CC(CC1C3)C2)C(F)(F)F. The Morgan fingerprint density at radius 1 is 1.04 bits per heavy atom. The molecule has 0 heterocycles. The van der Waals surface area contributed by atoms with E-state index in [1.807, 2.05) is 0 Å². The molecule has 3 atom stereocenters. The van der Waals surface area contributed by atoms with Crippen molar-refractivity contribution in [3.05, 3.63) is 0 Å². The molecular weight excluding hydrogens is 332 g/mol. The lowest BCUT2D eigenvalue weighted by molar-refractivity contribution is -0.234. The number of ether oxygens (including phenoxy) is 2. The van der Waals surface area contributed by atoms with Crippen molar-refractivity contribution in [1.29, 1.82) is 0 Å². The summed E-state index contributed by atoms with van der Waals surface area (Å²) in [4.78, 5) is 22.8. The molecule has 0 N–H and O–H groups in total. The zero-order valence-corrected chi connectivity index (χ0v) is 13.3. The smallest absolute Gasteiger partial charge is 0.433 e.